The third-order valence-corrected chi connectivity index (χ3v) is 2.60. The van der Waals surface area contributed by atoms with Crippen molar-refractivity contribution in [2.45, 2.75) is 6.92 Å². The summed E-state index contributed by atoms with van der Waals surface area (Å²) < 4.78 is 4.65. The van der Waals surface area contributed by atoms with Gasteiger partial charge in [0, 0.05) is 10.9 Å². The first kappa shape index (κ1) is 11.2. The Kier molecular flexibility index (Phi) is 2.59. The van der Waals surface area contributed by atoms with Crippen LogP contribution in [0.4, 0.5) is 0 Å². The maximum absolute atomic E-state index is 11.5. The van der Waals surface area contributed by atoms with Crippen LogP contribution in [-0.4, -0.2) is 29.1 Å². The molecule has 2 N–H and O–H groups in total. The SMILES string of the molecule is COC(=O)c1cc2cc(C(=O)O)[nH]c2cc1C. The molecule has 5 nitrogen and oxygen atoms in total. The lowest BCUT2D eigenvalue weighted by molar-refractivity contribution is 0.0599. The van der Waals surface area contributed by atoms with Gasteiger partial charge in [0.25, 0.3) is 0 Å². The maximum Gasteiger partial charge on any atom is 0.352 e. The number of carbonyl (C=O) groups excluding carboxylic acids is 1. The summed E-state index contributed by atoms with van der Waals surface area (Å²) >= 11 is 0. The van der Waals surface area contributed by atoms with Crippen molar-refractivity contribution in [2.75, 3.05) is 7.11 Å². The van der Waals surface area contributed by atoms with Crippen molar-refractivity contribution in [1.82, 2.24) is 4.98 Å². The number of carbonyl (C=O) groups is 2. The zero-order chi connectivity index (χ0) is 12.6. The highest BCUT2D eigenvalue weighted by Crippen LogP contribution is 2.21. The molecule has 0 aliphatic rings. The van der Waals surface area contributed by atoms with Gasteiger partial charge in [-0.15, -0.1) is 0 Å². The molecule has 1 heterocycles. The summed E-state index contributed by atoms with van der Waals surface area (Å²) in [7, 11) is 1.31. The zero-order valence-electron chi connectivity index (χ0n) is 9.40. The van der Waals surface area contributed by atoms with E-state index >= 15 is 0 Å². The van der Waals surface area contributed by atoms with Gasteiger partial charge < -0.3 is 14.8 Å². The van der Waals surface area contributed by atoms with Crippen molar-refractivity contribution in [2.24, 2.45) is 0 Å². The molecule has 0 amide bonds. The number of aromatic amines is 1. The molecule has 1 aromatic carbocycles. The molecule has 0 radical (unpaired) electrons. The molecule has 5 heteroatoms. The third-order valence-electron chi connectivity index (χ3n) is 2.60. The normalized spacial score (nSPS) is 10.5. The van der Waals surface area contributed by atoms with Gasteiger partial charge in [-0.25, -0.2) is 9.59 Å². The van der Waals surface area contributed by atoms with E-state index in [-0.39, 0.29) is 5.69 Å². The second-order valence-electron chi connectivity index (χ2n) is 3.73. The zero-order valence-corrected chi connectivity index (χ0v) is 9.40. The Hall–Kier alpha value is -2.30. The van der Waals surface area contributed by atoms with Crippen molar-refractivity contribution in [3.63, 3.8) is 0 Å². The van der Waals surface area contributed by atoms with Crippen molar-refractivity contribution in [3.8, 4) is 0 Å². The van der Waals surface area contributed by atoms with E-state index in [0.29, 0.717) is 16.5 Å². The molecule has 0 unspecified atom stereocenters. The number of hydrogen-bond donors (Lipinski definition) is 2. The minimum absolute atomic E-state index is 0.0985. The summed E-state index contributed by atoms with van der Waals surface area (Å²) in [6.45, 7) is 1.77. The molecule has 0 aliphatic carbocycles. The van der Waals surface area contributed by atoms with Crippen molar-refractivity contribution in [1.29, 1.82) is 0 Å². The number of nitrogens with one attached hydrogen (secondary N) is 1. The Morgan fingerprint density at radius 1 is 1.29 bits per heavy atom. The molecule has 2 aromatic rings. The maximum atomic E-state index is 11.5. The van der Waals surface area contributed by atoms with Gasteiger partial charge in [-0.3, -0.25) is 0 Å². The third kappa shape index (κ3) is 1.87. The van der Waals surface area contributed by atoms with E-state index in [4.69, 9.17) is 5.11 Å². The number of fused-ring (bicyclic) bond motifs is 1. The van der Waals surface area contributed by atoms with Gasteiger partial charge in [-0.05, 0) is 30.7 Å². The Labute approximate surface area is 97.0 Å². The van der Waals surface area contributed by atoms with E-state index < -0.39 is 11.9 Å². The number of benzene rings is 1. The lowest BCUT2D eigenvalue weighted by Crippen LogP contribution is -2.03. The standard InChI is InChI=1S/C12H11NO4/c1-6-3-9-7(4-8(6)12(16)17-2)5-10(13-9)11(14)15/h3-5,13H,1-2H3,(H,14,15). The van der Waals surface area contributed by atoms with Gasteiger partial charge >= 0.3 is 11.9 Å². The Bertz CT molecular complexity index is 612. The van der Waals surface area contributed by atoms with Crippen molar-refractivity contribution < 1.29 is 19.4 Å². The fourth-order valence-corrected chi connectivity index (χ4v) is 1.73. The molecule has 0 bridgehead atoms. The highest BCUT2D eigenvalue weighted by molar-refractivity contribution is 5.99. The van der Waals surface area contributed by atoms with E-state index in [2.05, 4.69) is 9.72 Å². The van der Waals surface area contributed by atoms with Crippen LogP contribution in [0.25, 0.3) is 10.9 Å². The fourth-order valence-electron chi connectivity index (χ4n) is 1.73. The second-order valence-corrected chi connectivity index (χ2v) is 3.73. The van der Waals surface area contributed by atoms with Crippen LogP contribution < -0.4 is 0 Å². The minimum atomic E-state index is -1.03. The van der Waals surface area contributed by atoms with Crippen LogP contribution in [0.5, 0.6) is 0 Å². The number of aromatic nitrogens is 1. The Morgan fingerprint density at radius 2 is 2.00 bits per heavy atom. The first-order chi connectivity index (χ1) is 8.02. The van der Waals surface area contributed by atoms with Crippen LogP contribution in [0.15, 0.2) is 18.2 Å². The molecule has 1 aromatic heterocycles. The smallest absolute Gasteiger partial charge is 0.352 e. The van der Waals surface area contributed by atoms with E-state index in [9.17, 15) is 9.59 Å². The quantitative estimate of drug-likeness (QED) is 0.777. The number of ether oxygens (including phenoxy) is 1. The summed E-state index contributed by atoms with van der Waals surface area (Å²) in [5.41, 5.74) is 1.97. The molecule has 0 atom stereocenters. The van der Waals surface area contributed by atoms with Crippen LogP contribution in [0.3, 0.4) is 0 Å². The molecular weight excluding hydrogens is 222 g/mol. The summed E-state index contributed by atoms with van der Waals surface area (Å²) in [6.07, 6.45) is 0. The number of H-pyrrole nitrogens is 1. The van der Waals surface area contributed by atoms with E-state index in [1.165, 1.54) is 13.2 Å². The molecule has 2 rings (SSSR count). The monoisotopic (exact) mass is 233 g/mol. The Balaban J connectivity index is 2.63. The van der Waals surface area contributed by atoms with Gasteiger partial charge in [0.2, 0.25) is 0 Å². The van der Waals surface area contributed by atoms with Gasteiger partial charge in [0.05, 0.1) is 12.7 Å². The van der Waals surface area contributed by atoms with Crippen LogP contribution in [0.2, 0.25) is 0 Å². The number of hydrogen-bond acceptors (Lipinski definition) is 3. The van der Waals surface area contributed by atoms with Crippen LogP contribution in [0, 0.1) is 6.92 Å². The average Bonchev–Trinajstić information content (AvgIpc) is 2.69. The van der Waals surface area contributed by atoms with Crippen LogP contribution in [0.1, 0.15) is 26.4 Å². The highest BCUT2D eigenvalue weighted by atomic mass is 16.5. The first-order valence-electron chi connectivity index (χ1n) is 4.98. The summed E-state index contributed by atoms with van der Waals surface area (Å²) in [5, 5.41) is 9.53. The number of aryl methyl sites for hydroxylation is 1. The topological polar surface area (TPSA) is 79.4 Å². The number of rotatable bonds is 2. The fraction of sp³-hybridized carbons (Fsp3) is 0.167. The lowest BCUT2D eigenvalue weighted by atomic mass is 10.1. The predicted molar refractivity (Wildman–Crippen MR) is 61.3 cm³/mol. The van der Waals surface area contributed by atoms with Crippen LogP contribution >= 0.6 is 0 Å². The molecule has 0 saturated heterocycles. The second kappa shape index (κ2) is 3.93. The molecule has 88 valence electrons. The van der Waals surface area contributed by atoms with Crippen molar-refractivity contribution in [3.05, 3.63) is 35.0 Å². The first-order valence-corrected chi connectivity index (χ1v) is 4.98. The lowest BCUT2D eigenvalue weighted by Gasteiger charge is -2.03. The van der Waals surface area contributed by atoms with Gasteiger partial charge in [-0.2, -0.15) is 0 Å². The molecule has 0 saturated carbocycles. The number of carboxylic acid groups (broad SMARTS) is 1. The highest BCUT2D eigenvalue weighted by Gasteiger charge is 2.13. The summed E-state index contributed by atoms with van der Waals surface area (Å²) in [5.74, 6) is -1.46. The predicted octanol–water partition coefficient (Wildman–Crippen LogP) is 1.96. The minimum Gasteiger partial charge on any atom is -0.477 e. The molecule has 17 heavy (non-hydrogen) atoms. The van der Waals surface area contributed by atoms with Crippen LogP contribution in [-0.2, 0) is 4.74 Å². The number of aromatic carboxylic acids is 1. The largest absolute Gasteiger partial charge is 0.477 e. The number of carboxylic acids is 1. The molecule has 0 spiro atoms. The van der Waals surface area contributed by atoms with Gasteiger partial charge in [0.1, 0.15) is 5.69 Å². The van der Waals surface area contributed by atoms with Gasteiger partial charge in [-0.1, -0.05) is 0 Å². The van der Waals surface area contributed by atoms with Gasteiger partial charge in [0.15, 0.2) is 0 Å². The van der Waals surface area contributed by atoms with E-state index in [1.54, 1.807) is 19.1 Å². The summed E-state index contributed by atoms with van der Waals surface area (Å²) in [6, 6.07) is 4.84. The van der Waals surface area contributed by atoms with E-state index in [1.807, 2.05) is 0 Å². The molecular formula is C12H11NO4. The number of esters is 1. The molecule has 0 aliphatic heterocycles. The summed E-state index contributed by atoms with van der Waals surface area (Å²) in [4.78, 5) is 25.0. The van der Waals surface area contributed by atoms with Crippen molar-refractivity contribution >= 4 is 22.8 Å². The number of methoxy groups -OCH3 is 1. The Morgan fingerprint density at radius 3 is 2.59 bits per heavy atom. The molecule has 0 fully saturated rings. The van der Waals surface area contributed by atoms with E-state index in [0.717, 1.165) is 5.56 Å². The average molecular weight is 233 g/mol.